The van der Waals surface area contributed by atoms with E-state index >= 15 is 0 Å². The van der Waals surface area contributed by atoms with Crippen LogP contribution >= 0.6 is 23.4 Å². The fraction of sp³-hybridized carbons (Fsp3) is 0.133. The Kier molecular flexibility index (Phi) is 7.12. The molecule has 6 heteroatoms. The van der Waals surface area contributed by atoms with Gasteiger partial charge in [-0.2, -0.15) is 0 Å². The van der Waals surface area contributed by atoms with Crippen LogP contribution < -0.4 is 4.90 Å². The van der Waals surface area contributed by atoms with Crippen molar-refractivity contribution in [1.29, 1.82) is 0 Å². The van der Waals surface area contributed by atoms with E-state index < -0.39 is 0 Å². The predicted molar refractivity (Wildman–Crippen MR) is 151 cm³/mol. The summed E-state index contributed by atoms with van der Waals surface area (Å²) in [5.74, 6) is 1.12. The van der Waals surface area contributed by atoms with Crippen molar-refractivity contribution in [3.05, 3.63) is 112 Å². The number of carbonyl (C=O) groups is 1. The Morgan fingerprint density at radius 3 is 2.36 bits per heavy atom. The van der Waals surface area contributed by atoms with Crippen LogP contribution in [-0.4, -0.2) is 11.1 Å². The molecule has 0 radical (unpaired) electrons. The summed E-state index contributed by atoms with van der Waals surface area (Å²) in [4.78, 5) is 21.0. The summed E-state index contributed by atoms with van der Waals surface area (Å²) in [5, 5.41) is 1.25. The van der Waals surface area contributed by atoms with Gasteiger partial charge in [-0.05, 0) is 72.1 Å². The molecular formula is C30H25ClN2O2S. The van der Waals surface area contributed by atoms with Crippen molar-refractivity contribution < 1.29 is 9.21 Å². The standard InChI is InChI=1S/C30H25ClN2O2S/c1-3-20-11-5-9-15-25(20)32-30-33(26-16-10-6-12-21(26)4-2)29(34)28(36-30)19-22-17-18-27(35-22)23-13-7-8-14-24(23)31/h5-19H,3-4H2,1-2H3. The lowest BCUT2D eigenvalue weighted by Crippen LogP contribution is -2.29. The smallest absolute Gasteiger partial charge is 0.271 e. The summed E-state index contributed by atoms with van der Waals surface area (Å²) in [7, 11) is 0. The lowest BCUT2D eigenvalue weighted by molar-refractivity contribution is -0.113. The maximum absolute atomic E-state index is 13.8. The number of nitrogens with zero attached hydrogens (tertiary/aromatic N) is 2. The Balaban J connectivity index is 1.57. The number of para-hydroxylation sites is 2. The second-order valence-electron chi connectivity index (χ2n) is 8.29. The maximum atomic E-state index is 13.8. The van der Waals surface area contributed by atoms with Crippen molar-refractivity contribution in [1.82, 2.24) is 0 Å². The zero-order valence-corrected chi connectivity index (χ0v) is 21.6. The number of thioether (sulfide) groups is 1. The Hall–Kier alpha value is -3.54. The van der Waals surface area contributed by atoms with Gasteiger partial charge in [-0.15, -0.1) is 0 Å². The molecule has 0 N–H and O–H groups in total. The Morgan fingerprint density at radius 1 is 0.889 bits per heavy atom. The molecule has 4 nitrogen and oxygen atoms in total. The lowest BCUT2D eigenvalue weighted by Gasteiger charge is -2.19. The Morgan fingerprint density at radius 2 is 1.58 bits per heavy atom. The lowest BCUT2D eigenvalue weighted by atomic mass is 10.1. The van der Waals surface area contributed by atoms with Gasteiger partial charge in [0.1, 0.15) is 11.5 Å². The van der Waals surface area contributed by atoms with Crippen LogP contribution in [0.1, 0.15) is 30.7 Å². The minimum absolute atomic E-state index is 0.121. The summed E-state index contributed by atoms with van der Waals surface area (Å²) in [5.41, 5.74) is 4.75. The van der Waals surface area contributed by atoms with E-state index in [4.69, 9.17) is 21.0 Å². The molecule has 1 aliphatic heterocycles. The molecule has 0 spiro atoms. The van der Waals surface area contributed by atoms with Gasteiger partial charge in [0, 0.05) is 11.6 Å². The van der Waals surface area contributed by atoms with Crippen molar-refractivity contribution in [3.63, 3.8) is 0 Å². The van der Waals surface area contributed by atoms with E-state index in [1.54, 1.807) is 11.0 Å². The van der Waals surface area contributed by atoms with E-state index in [2.05, 4.69) is 26.0 Å². The summed E-state index contributed by atoms with van der Waals surface area (Å²) in [6, 6.07) is 27.3. The average molecular weight is 513 g/mol. The fourth-order valence-electron chi connectivity index (χ4n) is 4.18. The molecule has 0 unspecified atom stereocenters. The molecule has 2 heterocycles. The highest BCUT2D eigenvalue weighted by Gasteiger charge is 2.36. The van der Waals surface area contributed by atoms with Crippen LogP contribution in [0.15, 0.2) is 99.2 Å². The molecule has 0 aliphatic carbocycles. The second kappa shape index (κ2) is 10.6. The number of halogens is 1. The van der Waals surface area contributed by atoms with Crippen LogP contribution in [0.4, 0.5) is 11.4 Å². The molecule has 5 rings (SSSR count). The van der Waals surface area contributed by atoms with Crippen molar-refractivity contribution in [2.24, 2.45) is 4.99 Å². The average Bonchev–Trinajstić information content (AvgIpc) is 3.49. The summed E-state index contributed by atoms with van der Waals surface area (Å²) in [6.07, 6.45) is 3.45. The Labute approximate surface area is 220 Å². The maximum Gasteiger partial charge on any atom is 0.271 e. The van der Waals surface area contributed by atoms with E-state index in [1.165, 1.54) is 11.8 Å². The zero-order valence-electron chi connectivity index (χ0n) is 20.1. The molecule has 0 bridgehead atoms. The topological polar surface area (TPSA) is 45.8 Å². The number of amides is 1. The Bertz CT molecular complexity index is 1490. The molecule has 180 valence electrons. The number of furan rings is 1. The van der Waals surface area contributed by atoms with Crippen LogP contribution in [-0.2, 0) is 17.6 Å². The molecule has 36 heavy (non-hydrogen) atoms. The van der Waals surface area contributed by atoms with E-state index in [0.717, 1.165) is 40.9 Å². The normalized spacial score (nSPS) is 15.9. The van der Waals surface area contributed by atoms with Gasteiger partial charge >= 0.3 is 0 Å². The third kappa shape index (κ3) is 4.77. The number of rotatable bonds is 6. The van der Waals surface area contributed by atoms with Crippen LogP contribution in [0.3, 0.4) is 0 Å². The molecule has 3 aromatic carbocycles. The van der Waals surface area contributed by atoms with Crippen LogP contribution in [0.25, 0.3) is 17.4 Å². The van der Waals surface area contributed by atoms with Crippen molar-refractivity contribution in [2.75, 3.05) is 4.90 Å². The van der Waals surface area contributed by atoms with Gasteiger partial charge in [-0.1, -0.05) is 74.0 Å². The number of hydrogen-bond donors (Lipinski definition) is 0. The van der Waals surface area contributed by atoms with Crippen LogP contribution in [0.5, 0.6) is 0 Å². The molecular weight excluding hydrogens is 488 g/mol. The number of amidine groups is 1. The summed E-state index contributed by atoms with van der Waals surface area (Å²) in [6.45, 7) is 4.19. The predicted octanol–water partition coefficient (Wildman–Crippen LogP) is 8.53. The number of anilines is 1. The molecule has 1 aromatic heterocycles. The van der Waals surface area contributed by atoms with Crippen LogP contribution in [0, 0.1) is 0 Å². The van der Waals surface area contributed by atoms with Gasteiger partial charge in [-0.25, -0.2) is 4.99 Å². The number of carbonyl (C=O) groups excluding carboxylic acids is 1. The highest BCUT2D eigenvalue weighted by molar-refractivity contribution is 8.19. The second-order valence-corrected chi connectivity index (χ2v) is 9.71. The SMILES string of the molecule is CCc1ccccc1N=C1SC(=Cc2ccc(-c3ccccc3Cl)o2)C(=O)N1c1ccccc1CC. The molecule has 1 aliphatic rings. The van der Waals surface area contributed by atoms with Gasteiger partial charge in [0.05, 0.1) is 21.3 Å². The number of hydrogen-bond acceptors (Lipinski definition) is 4. The van der Waals surface area contributed by atoms with E-state index in [-0.39, 0.29) is 5.91 Å². The van der Waals surface area contributed by atoms with E-state index in [0.29, 0.717) is 26.6 Å². The molecule has 1 saturated heterocycles. The molecule has 1 amide bonds. The first-order valence-corrected chi connectivity index (χ1v) is 13.1. The van der Waals surface area contributed by atoms with Gasteiger partial charge < -0.3 is 4.42 Å². The highest BCUT2D eigenvalue weighted by atomic mass is 35.5. The third-order valence-corrected chi connectivity index (χ3v) is 7.35. The van der Waals surface area contributed by atoms with Crippen molar-refractivity contribution >= 4 is 51.9 Å². The number of aryl methyl sites for hydroxylation is 2. The van der Waals surface area contributed by atoms with Crippen LogP contribution in [0.2, 0.25) is 5.02 Å². The molecule has 0 saturated carbocycles. The number of aliphatic imine (C=N–C) groups is 1. The highest BCUT2D eigenvalue weighted by Crippen LogP contribution is 2.40. The first-order valence-electron chi connectivity index (χ1n) is 11.9. The minimum atomic E-state index is -0.121. The van der Waals surface area contributed by atoms with Gasteiger partial charge in [0.15, 0.2) is 5.17 Å². The minimum Gasteiger partial charge on any atom is -0.457 e. The van der Waals surface area contributed by atoms with Gasteiger partial charge in [0.2, 0.25) is 0 Å². The fourth-order valence-corrected chi connectivity index (χ4v) is 5.37. The summed E-state index contributed by atoms with van der Waals surface area (Å²) >= 11 is 7.70. The van der Waals surface area contributed by atoms with Gasteiger partial charge in [-0.3, -0.25) is 9.69 Å². The zero-order chi connectivity index (χ0) is 25.1. The van der Waals surface area contributed by atoms with Gasteiger partial charge in [0.25, 0.3) is 5.91 Å². The largest absolute Gasteiger partial charge is 0.457 e. The van der Waals surface area contributed by atoms with Crippen molar-refractivity contribution in [2.45, 2.75) is 26.7 Å². The van der Waals surface area contributed by atoms with E-state index in [1.807, 2.05) is 72.8 Å². The summed E-state index contributed by atoms with van der Waals surface area (Å²) < 4.78 is 6.05. The molecule has 4 aromatic rings. The molecule has 0 atom stereocenters. The third-order valence-electron chi connectivity index (χ3n) is 6.05. The first kappa shape index (κ1) is 24.2. The van der Waals surface area contributed by atoms with E-state index in [9.17, 15) is 4.79 Å². The monoisotopic (exact) mass is 512 g/mol. The molecule has 1 fully saturated rings. The first-order chi connectivity index (χ1) is 17.6. The van der Waals surface area contributed by atoms with Crippen molar-refractivity contribution in [3.8, 4) is 11.3 Å². The quantitative estimate of drug-likeness (QED) is 0.243. The number of benzene rings is 3.